The first-order valence-corrected chi connectivity index (χ1v) is 7.34. The first-order valence-electron chi connectivity index (χ1n) is 5.45. The molecule has 0 unspecified atom stereocenters. The molecule has 0 aliphatic rings. The third kappa shape index (κ3) is 2.79. The monoisotopic (exact) mass is 276 g/mol. The highest BCUT2D eigenvalue weighted by Gasteiger charge is 2.12. The number of hydrogen-bond donors (Lipinski definition) is 1. The number of aromatic nitrogens is 1. The van der Waals surface area contributed by atoms with Crippen LogP contribution in [0.4, 0.5) is 0 Å². The summed E-state index contributed by atoms with van der Waals surface area (Å²) in [5, 5.41) is 0. The standard InChI is InChI=1S/C13H12N2O3S/c1-19(17,18)10-6-4-9(5-7-10)11-3-2-8-15-12(11)13(14)16/h2-8H,1H3,(H2,14,16). The molecule has 2 aromatic rings. The predicted molar refractivity (Wildman–Crippen MR) is 71.3 cm³/mol. The van der Waals surface area contributed by atoms with Gasteiger partial charge in [-0.3, -0.25) is 9.78 Å². The summed E-state index contributed by atoms with van der Waals surface area (Å²) in [7, 11) is -3.24. The maximum atomic E-state index is 11.4. The fourth-order valence-electron chi connectivity index (χ4n) is 1.72. The molecule has 1 aromatic heterocycles. The minimum Gasteiger partial charge on any atom is -0.364 e. The highest BCUT2D eigenvalue weighted by atomic mass is 32.2. The summed E-state index contributed by atoms with van der Waals surface area (Å²) in [5.41, 5.74) is 6.68. The fraction of sp³-hybridized carbons (Fsp3) is 0.0769. The average Bonchev–Trinajstić information content (AvgIpc) is 2.38. The topological polar surface area (TPSA) is 90.1 Å². The summed E-state index contributed by atoms with van der Waals surface area (Å²) in [5.74, 6) is -0.622. The molecule has 19 heavy (non-hydrogen) atoms. The molecule has 5 nitrogen and oxygen atoms in total. The zero-order valence-corrected chi connectivity index (χ0v) is 11.0. The predicted octanol–water partition coefficient (Wildman–Crippen LogP) is 1.25. The Morgan fingerprint density at radius 1 is 1.16 bits per heavy atom. The van der Waals surface area contributed by atoms with E-state index in [1.807, 2.05) is 0 Å². The van der Waals surface area contributed by atoms with Gasteiger partial charge in [0.1, 0.15) is 5.69 Å². The van der Waals surface area contributed by atoms with Gasteiger partial charge in [-0.2, -0.15) is 0 Å². The Labute approximate surface area is 111 Å². The minimum atomic E-state index is -3.24. The van der Waals surface area contributed by atoms with Crippen molar-refractivity contribution in [3.63, 3.8) is 0 Å². The Hall–Kier alpha value is -2.21. The molecule has 0 bridgehead atoms. The van der Waals surface area contributed by atoms with E-state index in [2.05, 4.69) is 4.98 Å². The van der Waals surface area contributed by atoms with E-state index < -0.39 is 15.7 Å². The molecule has 0 aliphatic carbocycles. The second-order valence-electron chi connectivity index (χ2n) is 4.06. The molecular formula is C13H12N2O3S. The number of primary amides is 1. The van der Waals surface area contributed by atoms with Crippen molar-refractivity contribution in [1.82, 2.24) is 4.98 Å². The van der Waals surface area contributed by atoms with Crippen LogP contribution in [0.25, 0.3) is 11.1 Å². The first-order chi connectivity index (χ1) is 8.89. The molecule has 2 rings (SSSR count). The van der Waals surface area contributed by atoms with E-state index in [0.29, 0.717) is 11.1 Å². The van der Waals surface area contributed by atoms with Gasteiger partial charge in [0.05, 0.1) is 4.90 Å². The van der Waals surface area contributed by atoms with Crippen molar-refractivity contribution in [1.29, 1.82) is 0 Å². The van der Waals surface area contributed by atoms with Gasteiger partial charge in [-0.15, -0.1) is 0 Å². The lowest BCUT2D eigenvalue weighted by molar-refractivity contribution is 0.0996. The second kappa shape index (κ2) is 4.81. The van der Waals surface area contributed by atoms with Crippen molar-refractivity contribution in [3.8, 4) is 11.1 Å². The van der Waals surface area contributed by atoms with Gasteiger partial charge in [0, 0.05) is 18.0 Å². The van der Waals surface area contributed by atoms with E-state index in [9.17, 15) is 13.2 Å². The van der Waals surface area contributed by atoms with E-state index in [4.69, 9.17) is 5.73 Å². The number of nitrogens with zero attached hydrogens (tertiary/aromatic N) is 1. The number of hydrogen-bond acceptors (Lipinski definition) is 4. The molecule has 0 fully saturated rings. The maximum absolute atomic E-state index is 11.4. The Bertz CT molecular complexity index is 722. The van der Waals surface area contributed by atoms with Gasteiger partial charge in [-0.25, -0.2) is 8.42 Å². The summed E-state index contributed by atoms with van der Waals surface area (Å²) in [6, 6.07) is 9.62. The van der Waals surface area contributed by atoms with Crippen molar-refractivity contribution < 1.29 is 13.2 Å². The summed E-state index contributed by atoms with van der Waals surface area (Å²) in [6.45, 7) is 0. The molecule has 2 N–H and O–H groups in total. The van der Waals surface area contributed by atoms with Crippen molar-refractivity contribution in [2.75, 3.05) is 6.26 Å². The van der Waals surface area contributed by atoms with Gasteiger partial charge >= 0.3 is 0 Å². The van der Waals surface area contributed by atoms with Crippen LogP contribution in [0.15, 0.2) is 47.5 Å². The molecule has 1 amide bonds. The van der Waals surface area contributed by atoms with Crippen LogP contribution in [0, 0.1) is 0 Å². The quantitative estimate of drug-likeness (QED) is 0.913. The molecule has 0 radical (unpaired) electrons. The molecule has 0 saturated carbocycles. The second-order valence-corrected chi connectivity index (χ2v) is 6.08. The van der Waals surface area contributed by atoms with Crippen LogP contribution in [0.2, 0.25) is 0 Å². The van der Waals surface area contributed by atoms with Crippen LogP contribution in [-0.4, -0.2) is 25.6 Å². The Morgan fingerprint density at radius 3 is 2.32 bits per heavy atom. The summed E-state index contributed by atoms with van der Waals surface area (Å²) >= 11 is 0. The molecule has 6 heteroatoms. The van der Waals surface area contributed by atoms with Gasteiger partial charge in [0.2, 0.25) is 0 Å². The lowest BCUT2D eigenvalue weighted by Gasteiger charge is -2.06. The number of benzene rings is 1. The van der Waals surface area contributed by atoms with Gasteiger partial charge < -0.3 is 5.73 Å². The molecule has 0 spiro atoms. The van der Waals surface area contributed by atoms with Crippen LogP contribution in [0.5, 0.6) is 0 Å². The van der Waals surface area contributed by atoms with Crippen LogP contribution in [0.1, 0.15) is 10.5 Å². The molecule has 0 atom stereocenters. The summed E-state index contributed by atoms with van der Waals surface area (Å²) in [4.78, 5) is 15.4. The molecule has 0 aliphatic heterocycles. The van der Waals surface area contributed by atoms with Gasteiger partial charge in [-0.1, -0.05) is 18.2 Å². The lowest BCUT2D eigenvalue weighted by Crippen LogP contribution is -2.14. The number of rotatable bonds is 3. The largest absolute Gasteiger partial charge is 0.364 e. The van der Waals surface area contributed by atoms with Crippen molar-refractivity contribution in [2.45, 2.75) is 4.90 Å². The number of carbonyl (C=O) groups excluding carboxylic acids is 1. The highest BCUT2D eigenvalue weighted by molar-refractivity contribution is 7.90. The van der Waals surface area contributed by atoms with Crippen molar-refractivity contribution in [2.24, 2.45) is 5.73 Å². The van der Waals surface area contributed by atoms with Crippen LogP contribution in [-0.2, 0) is 9.84 Å². The van der Waals surface area contributed by atoms with Gasteiger partial charge in [-0.05, 0) is 23.8 Å². The third-order valence-electron chi connectivity index (χ3n) is 2.63. The van der Waals surface area contributed by atoms with E-state index in [-0.39, 0.29) is 10.6 Å². The summed E-state index contributed by atoms with van der Waals surface area (Å²) < 4.78 is 22.7. The maximum Gasteiger partial charge on any atom is 0.267 e. The SMILES string of the molecule is CS(=O)(=O)c1ccc(-c2cccnc2C(N)=O)cc1. The Kier molecular flexibility index (Phi) is 3.35. The van der Waals surface area contributed by atoms with Crippen molar-refractivity contribution in [3.05, 3.63) is 48.3 Å². The average molecular weight is 276 g/mol. The van der Waals surface area contributed by atoms with Crippen LogP contribution in [0.3, 0.4) is 0 Å². The van der Waals surface area contributed by atoms with E-state index in [1.165, 1.54) is 18.3 Å². The summed E-state index contributed by atoms with van der Waals surface area (Å²) in [6.07, 6.45) is 2.62. The lowest BCUT2D eigenvalue weighted by atomic mass is 10.0. The normalized spacial score (nSPS) is 11.2. The molecule has 98 valence electrons. The number of amides is 1. The number of carbonyl (C=O) groups is 1. The molecule has 1 heterocycles. The highest BCUT2D eigenvalue weighted by Crippen LogP contribution is 2.23. The number of nitrogens with two attached hydrogens (primary N) is 1. The van der Waals surface area contributed by atoms with Crippen LogP contribution < -0.4 is 5.73 Å². The Balaban J connectivity index is 2.52. The number of pyridine rings is 1. The van der Waals surface area contributed by atoms with Crippen LogP contribution >= 0.6 is 0 Å². The molecular weight excluding hydrogens is 264 g/mol. The zero-order chi connectivity index (χ0) is 14.0. The first kappa shape index (κ1) is 13.2. The smallest absolute Gasteiger partial charge is 0.267 e. The van der Waals surface area contributed by atoms with Crippen molar-refractivity contribution >= 4 is 15.7 Å². The van der Waals surface area contributed by atoms with Gasteiger partial charge in [0.15, 0.2) is 9.84 Å². The van der Waals surface area contributed by atoms with Gasteiger partial charge in [0.25, 0.3) is 5.91 Å². The van der Waals surface area contributed by atoms with E-state index in [0.717, 1.165) is 6.26 Å². The van der Waals surface area contributed by atoms with E-state index >= 15 is 0 Å². The zero-order valence-electron chi connectivity index (χ0n) is 10.2. The minimum absolute atomic E-state index is 0.162. The number of sulfone groups is 1. The fourth-order valence-corrected chi connectivity index (χ4v) is 2.35. The van der Waals surface area contributed by atoms with E-state index in [1.54, 1.807) is 24.3 Å². The third-order valence-corrected chi connectivity index (χ3v) is 3.76. The molecule has 1 aromatic carbocycles. The molecule has 0 saturated heterocycles. The Morgan fingerprint density at radius 2 is 1.79 bits per heavy atom.